The van der Waals surface area contributed by atoms with Gasteiger partial charge < -0.3 is 4.90 Å². The van der Waals surface area contributed by atoms with Crippen LogP contribution in [-0.2, 0) is 0 Å². The molecule has 122 valence electrons. The smallest absolute Gasteiger partial charge is 0.0359 e. The molecule has 0 saturated carbocycles. The van der Waals surface area contributed by atoms with E-state index in [1.807, 2.05) is 11.8 Å². The topological polar surface area (TPSA) is 3.24 Å². The van der Waals surface area contributed by atoms with Crippen LogP contribution in [-0.4, -0.2) is 24.5 Å². The summed E-state index contributed by atoms with van der Waals surface area (Å²) in [7, 11) is 2.30. The summed E-state index contributed by atoms with van der Waals surface area (Å²) in [5.74, 6) is 0. The number of thioether (sulfide) groups is 1. The largest absolute Gasteiger partial charge is 0.303 e. The van der Waals surface area contributed by atoms with Gasteiger partial charge in [0.2, 0.25) is 0 Å². The molecular weight excluding hydrogens is 298 g/mol. The zero-order valence-electron chi connectivity index (χ0n) is 14.2. The molecule has 2 aromatic carbocycles. The van der Waals surface area contributed by atoms with Crippen LogP contribution in [0, 0.1) is 6.92 Å². The van der Waals surface area contributed by atoms with Crippen LogP contribution in [0.5, 0.6) is 0 Å². The molecule has 0 aromatic heterocycles. The van der Waals surface area contributed by atoms with Crippen molar-refractivity contribution in [1.82, 2.24) is 4.90 Å². The molecule has 3 rings (SSSR count). The van der Waals surface area contributed by atoms with E-state index in [0.29, 0.717) is 11.3 Å². The summed E-state index contributed by atoms with van der Waals surface area (Å²) < 4.78 is 0. The molecule has 1 saturated heterocycles. The molecule has 0 bridgehead atoms. The van der Waals surface area contributed by atoms with E-state index in [9.17, 15) is 0 Å². The van der Waals surface area contributed by atoms with Crippen molar-refractivity contribution in [2.75, 3.05) is 13.6 Å². The van der Waals surface area contributed by atoms with Gasteiger partial charge in [0.25, 0.3) is 0 Å². The van der Waals surface area contributed by atoms with Crippen LogP contribution >= 0.6 is 11.8 Å². The molecule has 2 aromatic rings. The van der Waals surface area contributed by atoms with Gasteiger partial charge >= 0.3 is 0 Å². The van der Waals surface area contributed by atoms with Gasteiger partial charge in [-0.2, -0.15) is 0 Å². The van der Waals surface area contributed by atoms with E-state index in [1.165, 1.54) is 48.3 Å². The SMILES string of the molecule is Cc1ccccc1SC(CC1CCCCN1C)c1ccccc1. The molecule has 0 amide bonds. The Balaban J connectivity index is 1.80. The predicted octanol–water partition coefficient (Wildman–Crippen LogP) is 5.70. The van der Waals surface area contributed by atoms with Crippen LogP contribution in [0.1, 0.15) is 42.1 Å². The number of piperidine rings is 1. The Morgan fingerprint density at radius 3 is 2.52 bits per heavy atom. The normalized spacial score (nSPS) is 20.3. The molecule has 1 aliphatic heterocycles. The minimum Gasteiger partial charge on any atom is -0.303 e. The lowest BCUT2D eigenvalue weighted by Crippen LogP contribution is -2.36. The lowest BCUT2D eigenvalue weighted by atomic mass is 9.96. The first kappa shape index (κ1) is 16.6. The number of hydrogen-bond donors (Lipinski definition) is 0. The van der Waals surface area contributed by atoms with Crippen LogP contribution in [0.3, 0.4) is 0 Å². The second-order valence-corrected chi connectivity index (χ2v) is 7.89. The summed E-state index contributed by atoms with van der Waals surface area (Å²) in [6.07, 6.45) is 5.31. The number of hydrogen-bond acceptors (Lipinski definition) is 2. The standard InChI is InChI=1S/C21H27NS/c1-17-10-6-7-14-20(17)23-21(18-11-4-3-5-12-18)16-19-13-8-9-15-22(19)2/h3-7,10-12,14,19,21H,8-9,13,15-16H2,1-2H3. The van der Waals surface area contributed by atoms with Crippen molar-refractivity contribution in [3.05, 3.63) is 65.7 Å². The Labute approximate surface area is 145 Å². The van der Waals surface area contributed by atoms with Crippen molar-refractivity contribution >= 4 is 11.8 Å². The van der Waals surface area contributed by atoms with Crippen LogP contribution in [0.15, 0.2) is 59.5 Å². The average molecular weight is 326 g/mol. The second-order valence-electron chi connectivity index (χ2n) is 6.65. The first-order chi connectivity index (χ1) is 11.2. The van der Waals surface area contributed by atoms with Gasteiger partial charge in [0.05, 0.1) is 0 Å². The fourth-order valence-electron chi connectivity index (χ4n) is 3.45. The van der Waals surface area contributed by atoms with E-state index in [-0.39, 0.29) is 0 Å². The zero-order chi connectivity index (χ0) is 16.1. The van der Waals surface area contributed by atoms with E-state index < -0.39 is 0 Å². The maximum atomic E-state index is 2.57. The van der Waals surface area contributed by atoms with Crippen molar-refractivity contribution in [2.45, 2.75) is 48.8 Å². The monoisotopic (exact) mass is 325 g/mol. The third-order valence-electron chi connectivity index (χ3n) is 4.94. The van der Waals surface area contributed by atoms with E-state index in [2.05, 4.69) is 73.5 Å². The van der Waals surface area contributed by atoms with E-state index in [1.54, 1.807) is 0 Å². The number of benzene rings is 2. The van der Waals surface area contributed by atoms with E-state index in [4.69, 9.17) is 0 Å². The molecule has 2 unspecified atom stereocenters. The fraction of sp³-hybridized carbons (Fsp3) is 0.429. The Bertz CT molecular complexity index is 610. The third-order valence-corrected chi connectivity index (χ3v) is 6.40. The summed E-state index contributed by atoms with van der Waals surface area (Å²) in [5, 5.41) is 0.530. The van der Waals surface area contributed by atoms with Crippen molar-refractivity contribution < 1.29 is 0 Å². The van der Waals surface area contributed by atoms with Crippen molar-refractivity contribution in [3.63, 3.8) is 0 Å². The van der Waals surface area contributed by atoms with Gasteiger partial charge in [-0.3, -0.25) is 0 Å². The van der Waals surface area contributed by atoms with Gasteiger partial charge in [-0.15, -0.1) is 11.8 Å². The number of likely N-dealkylation sites (tertiary alicyclic amines) is 1. The molecule has 1 nitrogen and oxygen atoms in total. The van der Waals surface area contributed by atoms with Crippen LogP contribution in [0.25, 0.3) is 0 Å². The third kappa shape index (κ3) is 4.39. The minimum absolute atomic E-state index is 0.530. The quantitative estimate of drug-likeness (QED) is 0.648. The summed E-state index contributed by atoms with van der Waals surface area (Å²) in [6, 6.07) is 20.5. The van der Waals surface area contributed by atoms with Crippen LogP contribution in [0.2, 0.25) is 0 Å². The molecule has 1 fully saturated rings. The van der Waals surface area contributed by atoms with Gasteiger partial charge in [-0.25, -0.2) is 0 Å². The average Bonchev–Trinajstić information content (AvgIpc) is 2.59. The zero-order valence-corrected chi connectivity index (χ0v) is 15.1. The highest BCUT2D eigenvalue weighted by Gasteiger charge is 2.24. The molecule has 0 N–H and O–H groups in total. The van der Waals surface area contributed by atoms with Crippen LogP contribution < -0.4 is 0 Å². The number of aryl methyl sites for hydroxylation is 1. The van der Waals surface area contributed by atoms with Gasteiger partial charge in [0.1, 0.15) is 0 Å². The molecule has 2 heteroatoms. The lowest BCUT2D eigenvalue weighted by Gasteiger charge is -2.35. The summed E-state index contributed by atoms with van der Waals surface area (Å²) in [5.41, 5.74) is 2.84. The maximum absolute atomic E-state index is 2.57. The molecule has 2 atom stereocenters. The Morgan fingerprint density at radius 1 is 1.04 bits per heavy atom. The van der Waals surface area contributed by atoms with E-state index >= 15 is 0 Å². The fourth-order valence-corrected chi connectivity index (χ4v) is 4.78. The highest BCUT2D eigenvalue weighted by atomic mass is 32.2. The van der Waals surface area contributed by atoms with Crippen molar-refractivity contribution in [2.24, 2.45) is 0 Å². The van der Waals surface area contributed by atoms with Gasteiger partial charge in [-0.05, 0) is 57.0 Å². The summed E-state index contributed by atoms with van der Waals surface area (Å²) in [6.45, 7) is 3.47. The summed E-state index contributed by atoms with van der Waals surface area (Å²) >= 11 is 2.04. The predicted molar refractivity (Wildman–Crippen MR) is 101 cm³/mol. The highest BCUT2D eigenvalue weighted by molar-refractivity contribution is 7.99. The maximum Gasteiger partial charge on any atom is 0.0359 e. The Kier molecular flexibility index (Phi) is 5.80. The van der Waals surface area contributed by atoms with Gasteiger partial charge in [0, 0.05) is 16.2 Å². The molecule has 0 aliphatic carbocycles. The molecule has 23 heavy (non-hydrogen) atoms. The van der Waals surface area contributed by atoms with Gasteiger partial charge in [-0.1, -0.05) is 55.0 Å². The molecule has 1 heterocycles. The van der Waals surface area contributed by atoms with Crippen LogP contribution in [0.4, 0.5) is 0 Å². The van der Waals surface area contributed by atoms with Crippen molar-refractivity contribution in [1.29, 1.82) is 0 Å². The minimum atomic E-state index is 0.530. The second kappa shape index (κ2) is 8.03. The molecule has 1 aliphatic rings. The first-order valence-electron chi connectivity index (χ1n) is 8.71. The Hall–Kier alpha value is -1.25. The Morgan fingerprint density at radius 2 is 1.78 bits per heavy atom. The molecular formula is C21H27NS. The highest BCUT2D eigenvalue weighted by Crippen LogP contribution is 2.41. The number of nitrogens with zero attached hydrogens (tertiary/aromatic N) is 1. The lowest BCUT2D eigenvalue weighted by molar-refractivity contribution is 0.175. The van der Waals surface area contributed by atoms with Gasteiger partial charge in [0.15, 0.2) is 0 Å². The van der Waals surface area contributed by atoms with E-state index in [0.717, 1.165) is 0 Å². The summed E-state index contributed by atoms with van der Waals surface area (Å²) in [4.78, 5) is 3.98. The number of rotatable bonds is 5. The molecule has 0 radical (unpaired) electrons. The first-order valence-corrected chi connectivity index (χ1v) is 9.59. The van der Waals surface area contributed by atoms with Crippen molar-refractivity contribution in [3.8, 4) is 0 Å². The molecule has 0 spiro atoms.